The van der Waals surface area contributed by atoms with Crippen LogP contribution in [0, 0.1) is 5.82 Å². The van der Waals surface area contributed by atoms with E-state index in [2.05, 4.69) is 30.1 Å². The minimum absolute atomic E-state index is 0.104. The van der Waals surface area contributed by atoms with Crippen molar-refractivity contribution in [3.05, 3.63) is 41.7 Å². The zero-order valence-electron chi connectivity index (χ0n) is 21.9. The maximum atomic E-state index is 15.7. The zero-order chi connectivity index (χ0) is 26.7. The second-order valence-electron chi connectivity index (χ2n) is 11.6. The number of halogens is 1. The summed E-state index contributed by atoms with van der Waals surface area (Å²) in [6.07, 6.45) is 8.14. The molecular formula is C27H34FN9O2. The molecule has 3 saturated heterocycles. The topological polar surface area (TPSA) is 140 Å². The molecule has 2 bridgehead atoms. The minimum atomic E-state index is -0.985. The van der Waals surface area contributed by atoms with Crippen molar-refractivity contribution in [3.63, 3.8) is 0 Å². The van der Waals surface area contributed by atoms with Crippen LogP contribution in [0.3, 0.4) is 0 Å². The molecule has 2 aromatic heterocycles. The van der Waals surface area contributed by atoms with Gasteiger partial charge in [-0.05, 0) is 44.2 Å². The fraction of sp³-hybridized carbons (Fsp3) is 0.556. The average Bonchev–Trinajstić information content (AvgIpc) is 3.32. The minimum Gasteiger partial charge on any atom is -0.382 e. The highest BCUT2D eigenvalue weighted by Crippen LogP contribution is 2.35. The van der Waals surface area contributed by atoms with Gasteiger partial charge in [0.1, 0.15) is 23.2 Å². The third-order valence-electron chi connectivity index (χ3n) is 8.61. The van der Waals surface area contributed by atoms with Gasteiger partial charge in [-0.15, -0.1) is 0 Å². The van der Waals surface area contributed by atoms with Crippen LogP contribution in [-0.2, 0) is 22.6 Å². The molecule has 5 heterocycles. The number of ether oxygens (including phenoxy) is 1. The number of nitrogens with zero attached hydrogens (tertiary/aromatic N) is 6. The van der Waals surface area contributed by atoms with E-state index in [1.165, 1.54) is 12.4 Å². The number of nitrogens with two attached hydrogens (primary N) is 2. The van der Waals surface area contributed by atoms with Crippen molar-refractivity contribution in [3.8, 4) is 0 Å². The quantitative estimate of drug-likeness (QED) is 0.406. The van der Waals surface area contributed by atoms with Crippen molar-refractivity contribution in [1.82, 2.24) is 29.7 Å². The van der Waals surface area contributed by atoms with Crippen molar-refractivity contribution in [1.29, 1.82) is 0 Å². The highest BCUT2D eigenvalue weighted by molar-refractivity contribution is 5.88. The number of rotatable bonds is 7. The van der Waals surface area contributed by atoms with Crippen LogP contribution in [0.2, 0.25) is 0 Å². The van der Waals surface area contributed by atoms with Gasteiger partial charge in [-0.1, -0.05) is 0 Å². The van der Waals surface area contributed by atoms with Gasteiger partial charge in [0.2, 0.25) is 5.91 Å². The number of benzene rings is 1. The second-order valence-corrected chi connectivity index (χ2v) is 11.6. The molecule has 7 rings (SSSR count). The summed E-state index contributed by atoms with van der Waals surface area (Å²) in [7, 11) is 0. The molecular weight excluding hydrogens is 501 g/mol. The van der Waals surface area contributed by atoms with Gasteiger partial charge in [0.15, 0.2) is 11.5 Å². The summed E-state index contributed by atoms with van der Waals surface area (Å²) in [6.45, 7) is 3.36. The largest absolute Gasteiger partial charge is 0.382 e. The molecule has 12 heteroatoms. The average molecular weight is 536 g/mol. The van der Waals surface area contributed by atoms with Crippen molar-refractivity contribution in [2.75, 3.05) is 36.8 Å². The van der Waals surface area contributed by atoms with E-state index < -0.39 is 5.54 Å². The lowest BCUT2D eigenvalue weighted by Crippen LogP contribution is -2.56. The van der Waals surface area contributed by atoms with E-state index in [9.17, 15) is 4.79 Å². The number of carbonyl (C=O) groups is 1. The summed E-state index contributed by atoms with van der Waals surface area (Å²) in [5.74, 6) is -0.0554. The Morgan fingerprint density at radius 1 is 1.10 bits per heavy atom. The van der Waals surface area contributed by atoms with Gasteiger partial charge < -0.3 is 31.0 Å². The Morgan fingerprint density at radius 2 is 1.90 bits per heavy atom. The second kappa shape index (κ2) is 9.39. The molecule has 0 unspecified atom stereocenters. The van der Waals surface area contributed by atoms with Gasteiger partial charge in [0.25, 0.3) is 0 Å². The molecule has 11 nitrogen and oxygen atoms in total. The van der Waals surface area contributed by atoms with Crippen molar-refractivity contribution < 1.29 is 13.9 Å². The molecule has 4 fully saturated rings. The highest BCUT2D eigenvalue weighted by Gasteiger charge is 2.43. The molecule has 1 aliphatic carbocycles. The third-order valence-corrected chi connectivity index (χ3v) is 8.61. The Kier molecular flexibility index (Phi) is 5.94. The lowest BCUT2D eigenvalue weighted by Gasteiger charge is -2.33. The maximum absolute atomic E-state index is 15.7. The summed E-state index contributed by atoms with van der Waals surface area (Å²) in [5, 5.41) is 3.07. The summed E-state index contributed by atoms with van der Waals surface area (Å²) in [4.78, 5) is 30.3. The molecule has 5 N–H and O–H groups in total. The van der Waals surface area contributed by atoms with Crippen LogP contribution in [0.15, 0.2) is 24.8 Å². The number of aromatic nitrogens is 4. The molecule has 39 heavy (non-hydrogen) atoms. The number of hydrogen-bond donors (Lipinski definition) is 3. The first-order valence-electron chi connectivity index (χ1n) is 13.8. The molecule has 1 aromatic carbocycles. The van der Waals surface area contributed by atoms with Crippen LogP contribution >= 0.6 is 0 Å². The lowest BCUT2D eigenvalue weighted by atomic mass is 9.98. The Balaban J connectivity index is 1.25. The number of likely N-dealkylation sites (tertiary alicyclic amines) is 1. The number of anilines is 2. The van der Waals surface area contributed by atoms with Crippen molar-refractivity contribution in [2.24, 2.45) is 5.73 Å². The summed E-state index contributed by atoms with van der Waals surface area (Å²) >= 11 is 0. The van der Waals surface area contributed by atoms with E-state index >= 15 is 4.39 Å². The van der Waals surface area contributed by atoms with Crippen molar-refractivity contribution >= 4 is 28.6 Å². The predicted octanol–water partition coefficient (Wildman–Crippen LogP) is 1.15. The smallest absolute Gasteiger partial charge is 0.242 e. The standard InChI is InChI=1S/C27H34FN9O2/c28-21-5-6-22(36-8-7-27(30,13-36)26(38)34-16-1-2-16)20(12-37-15-33-23-24(29)31-14-32-25(23)37)19(21)11-35-9-17-3-4-18(10-35)39-17/h5-6,14-18H,1-4,7-13,30H2,(H,34,38)(H2,29,31,32)/t17-,18+,27-/m1/s1. The summed E-state index contributed by atoms with van der Waals surface area (Å²) < 4.78 is 23.6. The number of morpholine rings is 1. The Hall–Kier alpha value is -3.35. The fourth-order valence-corrected chi connectivity index (χ4v) is 6.31. The fourth-order valence-electron chi connectivity index (χ4n) is 6.31. The Bertz CT molecular complexity index is 1410. The number of imidazole rings is 1. The number of fused-ring (bicyclic) bond motifs is 3. The van der Waals surface area contributed by atoms with Gasteiger partial charge in [0, 0.05) is 55.6 Å². The molecule has 3 atom stereocenters. The predicted molar refractivity (Wildman–Crippen MR) is 143 cm³/mol. The molecule has 0 radical (unpaired) electrons. The first-order chi connectivity index (χ1) is 18.9. The monoisotopic (exact) mass is 535 g/mol. The van der Waals surface area contributed by atoms with E-state index in [0.29, 0.717) is 55.1 Å². The van der Waals surface area contributed by atoms with Crippen LogP contribution in [0.1, 0.15) is 43.2 Å². The molecule has 4 aliphatic rings. The number of hydrogen-bond acceptors (Lipinski definition) is 9. The SMILES string of the molecule is Nc1ncnc2c1ncn2Cc1c(N2CC[C@](N)(C(=O)NC3CC3)C2)ccc(F)c1CN1C[C@H]2CC[C@@H](C1)O2. The van der Waals surface area contributed by atoms with Gasteiger partial charge >= 0.3 is 0 Å². The third kappa shape index (κ3) is 4.60. The van der Waals surface area contributed by atoms with Gasteiger partial charge in [0.05, 0.1) is 25.1 Å². The molecule has 1 amide bonds. The van der Waals surface area contributed by atoms with E-state index in [-0.39, 0.29) is 30.0 Å². The summed E-state index contributed by atoms with van der Waals surface area (Å²) in [6, 6.07) is 3.59. The summed E-state index contributed by atoms with van der Waals surface area (Å²) in [5.41, 5.74) is 15.1. The van der Waals surface area contributed by atoms with E-state index in [1.54, 1.807) is 6.33 Å². The Labute approximate surface area is 225 Å². The van der Waals surface area contributed by atoms with Gasteiger partial charge in [-0.2, -0.15) is 0 Å². The first-order valence-corrected chi connectivity index (χ1v) is 13.8. The normalized spacial score (nSPS) is 27.0. The number of nitrogen functional groups attached to an aromatic ring is 1. The maximum Gasteiger partial charge on any atom is 0.242 e. The van der Waals surface area contributed by atoms with Gasteiger partial charge in [-0.3, -0.25) is 9.69 Å². The lowest BCUT2D eigenvalue weighted by molar-refractivity contribution is -0.125. The molecule has 1 saturated carbocycles. The van der Waals surface area contributed by atoms with Crippen LogP contribution in [-0.4, -0.2) is 80.3 Å². The van der Waals surface area contributed by atoms with Crippen molar-refractivity contribution in [2.45, 2.75) is 69.0 Å². The molecule has 3 aliphatic heterocycles. The van der Waals surface area contributed by atoms with E-state index in [1.807, 2.05) is 10.6 Å². The van der Waals surface area contributed by atoms with Crippen LogP contribution in [0.25, 0.3) is 11.2 Å². The number of nitrogens with one attached hydrogen (secondary N) is 1. The number of carbonyl (C=O) groups excluding carboxylic acids is 1. The van der Waals surface area contributed by atoms with Gasteiger partial charge in [-0.25, -0.2) is 19.3 Å². The highest BCUT2D eigenvalue weighted by atomic mass is 19.1. The van der Waals surface area contributed by atoms with Crippen LogP contribution in [0.5, 0.6) is 0 Å². The van der Waals surface area contributed by atoms with Crippen LogP contribution < -0.4 is 21.7 Å². The zero-order valence-corrected chi connectivity index (χ0v) is 21.9. The van der Waals surface area contributed by atoms with Crippen LogP contribution in [0.4, 0.5) is 15.9 Å². The Morgan fingerprint density at radius 3 is 2.67 bits per heavy atom. The van der Waals surface area contributed by atoms with E-state index in [0.717, 1.165) is 50.0 Å². The molecule has 0 spiro atoms. The number of amides is 1. The molecule has 3 aromatic rings. The molecule has 206 valence electrons. The van der Waals surface area contributed by atoms with E-state index in [4.69, 9.17) is 16.2 Å². The first kappa shape index (κ1) is 24.7.